The monoisotopic (exact) mass is 405 g/mol. The highest BCUT2D eigenvalue weighted by molar-refractivity contribution is 5.87. The molecule has 1 aliphatic heterocycles. The summed E-state index contributed by atoms with van der Waals surface area (Å²) in [6.07, 6.45) is 1.68. The molecule has 1 aromatic carbocycles. The lowest BCUT2D eigenvalue weighted by molar-refractivity contribution is 0.152. The minimum atomic E-state index is -0.676. The van der Waals surface area contributed by atoms with Crippen molar-refractivity contribution < 1.29 is 9.13 Å². The van der Waals surface area contributed by atoms with Crippen LogP contribution in [0.15, 0.2) is 15.7 Å². The number of benzene rings is 1. The van der Waals surface area contributed by atoms with E-state index in [4.69, 9.17) is 16.3 Å². The van der Waals surface area contributed by atoms with Gasteiger partial charge < -0.3 is 21.2 Å². The van der Waals surface area contributed by atoms with Gasteiger partial charge >= 0.3 is 5.69 Å². The largest absolute Gasteiger partial charge is 0.383 e. The lowest BCUT2D eigenvalue weighted by atomic mass is 9.91. The molecule has 4 N–H and O–H groups in total. The second-order valence-corrected chi connectivity index (χ2v) is 8.45. The predicted molar refractivity (Wildman–Crippen MR) is 110 cm³/mol. The first kappa shape index (κ1) is 19.9. The van der Waals surface area contributed by atoms with Crippen LogP contribution in [0.25, 0.3) is 10.9 Å². The topological polar surface area (TPSA) is 109 Å². The zero-order valence-corrected chi connectivity index (χ0v) is 17.0. The third-order valence-electron chi connectivity index (χ3n) is 6.37. The van der Waals surface area contributed by atoms with Gasteiger partial charge in [-0.3, -0.25) is 9.36 Å². The number of hydrogen-bond acceptors (Lipinski definition) is 6. The van der Waals surface area contributed by atoms with Gasteiger partial charge in [0, 0.05) is 37.8 Å². The molecule has 1 saturated heterocycles. The minimum absolute atomic E-state index is 0.00205. The van der Waals surface area contributed by atoms with Crippen LogP contribution in [0.4, 0.5) is 10.1 Å². The summed E-state index contributed by atoms with van der Waals surface area (Å²) in [6.45, 7) is 5.55. The minimum Gasteiger partial charge on any atom is -0.383 e. The van der Waals surface area contributed by atoms with Crippen molar-refractivity contribution in [3.8, 4) is 0 Å². The molecule has 8 nitrogen and oxygen atoms in total. The van der Waals surface area contributed by atoms with Crippen LogP contribution < -0.4 is 27.7 Å². The van der Waals surface area contributed by atoms with E-state index in [-0.39, 0.29) is 29.3 Å². The summed E-state index contributed by atoms with van der Waals surface area (Å²) in [4.78, 5) is 27.2. The van der Waals surface area contributed by atoms with Crippen molar-refractivity contribution in [3.63, 3.8) is 0 Å². The van der Waals surface area contributed by atoms with Crippen molar-refractivity contribution in [3.05, 3.63) is 38.3 Å². The van der Waals surface area contributed by atoms with Crippen LogP contribution in [-0.4, -0.2) is 42.1 Å². The number of aryl methyl sites for hydroxylation is 1. The number of fused-ring (bicyclic) bond motifs is 1. The summed E-state index contributed by atoms with van der Waals surface area (Å²) in [5.41, 5.74) is 6.54. The van der Waals surface area contributed by atoms with Gasteiger partial charge in [0.15, 0.2) is 0 Å². The molecule has 158 valence electrons. The first-order valence-electron chi connectivity index (χ1n) is 10.0. The Hall–Kier alpha value is -2.39. The van der Waals surface area contributed by atoms with E-state index < -0.39 is 17.1 Å². The van der Waals surface area contributed by atoms with E-state index in [1.807, 2.05) is 4.90 Å². The smallest absolute Gasteiger partial charge is 0.350 e. The fourth-order valence-electron chi connectivity index (χ4n) is 4.77. The molecule has 2 aromatic rings. The lowest BCUT2D eigenvalue weighted by Crippen LogP contribution is -2.44. The third-order valence-corrected chi connectivity index (χ3v) is 6.37. The maximum atomic E-state index is 15.2. The number of aromatic nitrogens is 2. The van der Waals surface area contributed by atoms with Gasteiger partial charge in [-0.25, -0.2) is 9.18 Å². The molecule has 0 radical (unpaired) electrons. The number of nitrogens with two attached hydrogens (primary N) is 2. The number of halogens is 1. The zero-order chi connectivity index (χ0) is 21.0. The van der Waals surface area contributed by atoms with Gasteiger partial charge in [-0.05, 0) is 37.7 Å². The van der Waals surface area contributed by atoms with E-state index in [0.717, 1.165) is 12.8 Å². The van der Waals surface area contributed by atoms with Crippen molar-refractivity contribution in [2.24, 2.45) is 17.6 Å². The van der Waals surface area contributed by atoms with E-state index >= 15 is 4.39 Å². The molecule has 2 heterocycles. The van der Waals surface area contributed by atoms with E-state index in [9.17, 15) is 9.59 Å². The number of methoxy groups -OCH3 is 1. The fourth-order valence-corrected chi connectivity index (χ4v) is 4.77. The average molecular weight is 405 g/mol. The summed E-state index contributed by atoms with van der Waals surface area (Å²) >= 11 is 0. The van der Waals surface area contributed by atoms with Gasteiger partial charge in [0.2, 0.25) is 0 Å². The molecule has 1 aromatic heterocycles. The number of anilines is 1. The molecule has 4 rings (SSSR count). The molecule has 0 bridgehead atoms. The Morgan fingerprint density at radius 1 is 1.31 bits per heavy atom. The van der Waals surface area contributed by atoms with Crippen LogP contribution in [0.1, 0.15) is 31.4 Å². The molecule has 0 amide bonds. The molecule has 0 spiro atoms. The Morgan fingerprint density at radius 2 is 2.00 bits per heavy atom. The van der Waals surface area contributed by atoms with E-state index in [1.54, 1.807) is 18.6 Å². The third kappa shape index (κ3) is 3.12. The molecule has 1 saturated carbocycles. The normalized spacial score (nSPS) is 23.1. The molecule has 1 aliphatic carbocycles. The second kappa shape index (κ2) is 7.14. The van der Waals surface area contributed by atoms with Crippen LogP contribution in [0.3, 0.4) is 0 Å². The molecular formula is C20H28FN5O3. The standard InChI is InChI=1S/C20H28FN5O3/c1-10-7-24(8-14(10)16(22)9-29-3)18-11(2)17-13(6-15(18)21)19(27)26(23)20(28)25(17)12-4-5-12/h6,10,12,14,16H,4-5,7-9,22-23H2,1-3H3/t10-,14-,16+/m0/s1. The fraction of sp³-hybridized carbons (Fsp3) is 0.600. The van der Waals surface area contributed by atoms with Crippen LogP contribution >= 0.6 is 0 Å². The van der Waals surface area contributed by atoms with Gasteiger partial charge in [0.1, 0.15) is 5.82 Å². The van der Waals surface area contributed by atoms with E-state index in [0.29, 0.717) is 41.1 Å². The maximum absolute atomic E-state index is 15.2. The second-order valence-electron chi connectivity index (χ2n) is 8.45. The van der Waals surface area contributed by atoms with E-state index in [2.05, 4.69) is 6.92 Å². The zero-order valence-electron chi connectivity index (χ0n) is 17.0. The number of hydrogen-bond donors (Lipinski definition) is 2. The molecule has 3 atom stereocenters. The Labute approximate surface area is 167 Å². The maximum Gasteiger partial charge on any atom is 0.350 e. The van der Waals surface area contributed by atoms with Crippen molar-refractivity contribution in [1.29, 1.82) is 0 Å². The molecule has 2 aliphatic rings. The lowest BCUT2D eigenvalue weighted by Gasteiger charge is -2.25. The average Bonchev–Trinajstić information content (AvgIpc) is 3.43. The molecule has 2 fully saturated rings. The van der Waals surface area contributed by atoms with Crippen molar-refractivity contribution in [2.75, 3.05) is 37.5 Å². The Balaban J connectivity index is 1.87. The molecule has 29 heavy (non-hydrogen) atoms. The van der Waals surface area contributed by atoms with Crippen LogP contribution in [0, 0.1) is 24.6 Å². The molecule has 9 heteroatoms. The van der Waals surface area contributed by atoms with Crippen LogP contribution in [0.2, 0.25) is 0 Å². The van der Waals surface area contributed by atoms with Gasteiger partial charge in [-0.15, -0.1) is 0 Å². The number of nitrogens with zero attached hydrogens (tertiary/aromatic N) is 3. The van der Waals surface area contributed by atoms with Gasteiger partial charge in [0.05, 0.1) is 23.2 Å². The molecular weight excluding hydrogens is 377 g/mol. The quantitative estimate of drug-likeness (QED) is 0.709. The summed E-state index contributed by atoms with van der Waals surface area (Å²) in [6, 6.07) is 1.07. The highest BCUT2D eigenvalue weighted by Gasteiger charge is 2.37. The van der Waals surface area contributed by atoms with Gasteiger partial charge in [-0.2, -0.15) is 4.68 Å². The van der Waals surface area contributed by atoms with Crippen LogP contribution in [-0.2, 0) is 4.74 Å². The first-order chi connectivity index (χ1) is 13.8. The summed E-state index contributed by atoms with van der Waals surface area (Å²) < 4.78 is 22.6. The van der Waals surface area contributed by atoms with Crippen molar-refractivity contribution >= 4 is 16.6 Å². The number of nitrogen functional groups attached to an aromatic ring is 1. The predicted octanol–water partition coefficient (Wildman–Crippen LogP) is 0.705. The molecule has 0 unspecified atom stereocenters. The number of rotatable bonds is 5. The Morgan fingerprint density at radius 3 is 2.62 bits per heavy atom. The van der Waals surface area contributed by atoms with Gasteiger partial charge in [-0.1, -0.05) is 6.92 Å². The number of ether oxygens (including phenoxy) is 1. The van der Waals surface area contributed by atoms with Crippen molar-refractivity contribution in [1.82, 2.24) is 9.24 Å². The SMILES string of the molecule is COC[C@@H](N)[C@H]1CN(c2c(F)cc3c(=O)n(N)c(=O)n(C4CC4)c3c2C)C[C@@H]1C. The Kier molecular flexibility index (Phi) is 4.90. The summed E-state index contributed by atoms with van der Waals surface area (Å²) in [5.74, 6) is 5.62. The summed E-state index contributed by atoms with van der Waals surface area (Å²) in [7, 11) is 1.62. The van der Waals surface area contributed by atoms with Crippen molar-refractivity contribution in [2.45, 2.75) is 38.8 Å². The van der Waals surface area contributed by atoms with E-state index in [1.165, 1.54) is 6.07 Å². The Bertz CT molecular complexity index is 1070. The van der Waals surface area contributed by atoms with Gasteiger partial charge in [0.25, 0.3) is 5.56 Å². The highest BCUT2D eigenvalue weighted by Crippen LogP contribution is 2.40. The van der Waals surface area contributed by atoms with Crippen LogP contribution in [0.5, 0.6) is 0 Å². The first-order valence-corrected chi connectivity index (χ1v) is 10.0. The summed E-state index contributed by atoms with van der Waals surface area (Å²) in [5, 5.41) is 0.137. The highest BCUT2D eigenvalue weighted by atomic mass is 19.1.